The summed E-state index contributed by atoms with van der Waals surface area (Å²) < 4.78 is 26.8. The second kappa shape index (κ2) is 6.26. The number of aryl methyl sites for hydroxylation is 1. The molecule has 2 aromatic heterocycles. The zero-order valence-electron chi connectivity index (χ0n) is 11.3. The van der Waals surface area contributed by atoms with E-state index in [-0.39, 0.29) is 10.9 Å². The molecule has 5 nitrogen and oxygen atoms in total. The van der Waals surface area contributed by atoms with Crippen molar-refractivity contribution >= 4 is 33.0 Å². The van der Waals surface area contributed by atoms with Gasteiger partial charge in [0.05, 0.1) is 5.88 Å². The SMILES string of the molecule is CCN(Cc1cccs1)S(=O)(=O)c1n[nH]c(C)c1CCl. The van der Waals surface area contributed by atoms with Crippen LogP contribution >= 0.6 is 22.9 Å². The minimum absolute atomic E-state index is 0.0309. The summed E-state index contributed by atoms with van der Waals surface area (Å²) >= 11 is 7.37. The maximum Gasteiger partial charge on any atom is 0.263 e. The van der Waals surface area contributed by atoms with Crippen LogP contribution in [0.2, 0.25) is 0 Å². The molecule has 0 aliphatic carbocycles. The third kappa shape index (κ3) is 2.90. The fraction of sp³-hybridized carbons (Fsp3) is 0.417. The number of rotatable bonds is 6. The van der Waals surface area contributed by atoms with Crippen molar-refractivity contribution in [1.29, 1.82) is 0 Å². The van der Waals surface area contributed by atoms with Gasteiger partial charge in [0.25, 0.3) is 10.0 Å². The molecule has 2 rings (SSSR count). The van der Waals surface area contributed by atoms with E-state index in [1.54, 1.807) is 6.92 Å². The van der Waals surface area contributed by atoms with Crippen LogP contribution in [-0.4, -0.2) is 29.5 Å². The fourth-order valence-corrected chi connectivity index (χ4v) is 4.66. The number of aromatic amines is 1. The highest BCUT2D eigenvalue weighted by molar-refractivity contribution is 7.89. The van der Waals surface area contributed by atoms with E-state index in [9.17, 15) is 8.42 Å². The first-order valence-electron chi connectivity index (χ1n) is 6.13. The first kappa shape index (κ1) is 15.5. The average Bonchev–Trinajstić information content (AvgIpc) is 3.04. The Morgan fingerprint density at radius 3 is 2.80 bits per heavy atom. The number of nitrogens with one attached hydrogen (secondary N) is 1. The van der Waals surface area contributed by atoms with Crippen LogP contribution in [0.15, 0.2) is 22.5 Å². The molecule has 8 heteroatoms. The maximum atomic E-state index is 12.7. The Kier molecular flexibility index (Phi) is 4.85. The van der Waals surface area contributed by atoms with Crippen molar-refractivity contribution in [2.75, 3.05) is 6.54 Å². The van der Waals surface area contributed by atoms with Gasteiger partial charge in [-0.15, -0.1) is 22.9 Å². The largest absolute Gasteiger partial charge is 0.281 e. The number of nitrogens with zero attached hydrogens (tertiary/aromatic N) is 2. The van der Waals surface area contributed by atoms with E-state index < -0.39 is 10.0 Å². The van der Waals surface area contributed by atoms with Crippen molar-refractivity contribution in [1.82, 2.24) is 14.5 Å². The molecule has 20 heavy (non-hydrogen) atoms. The lowest BCUT2D eigenvalue weighted by Crippen LogP contribution is -2.31. The smallest absolute Gasteiger partial charge is 0.263 e. The van der Waals surface area contributed by atoms with Crippen molar-refractivity contribution in [3.63, 3.8) is 0 Å². The van der Waals surface area contributed by atoms with Gasteiger partial charge < -0.3 is 0 Å². The van der Waals surface area contributed by atoms with Gasteiger partial charge in [0.1, 0.15) is 0 Å². The minimum Gasteiger partial charge on any atom is -0.281 e. The minimum atomic E-state index is -3.64. The second-order valence-electron chi connectivity index (χ2n) is 4.28. The predicted molar refractivity (Wildman–Crippen MR) is 80.5 cm³/mol. The Morgan fingerprint density at radius 2 is 2.25 bits per heavy atom. The zero-order valence-corrected chi connectivity index (χ0v) is 13.6. The highest BCUT2D eigenvalue weighted by atomic mass is 35.5. The molecule has 110 valence electrons. The summed E-state index contributed by atoms with van der Waals surface area (Å²) in [5, 5.41) is 8.58. The molecule has 0 saturated heterocycles. The summed E-state index contributed by atoms with van der Waals surface area (Å²) in [4.78, 5) is 0.995. The van der Waals surface area contributed by atoms with E-state index in [0.717, 1.165) is 4.88 Å². The van der Waals surface area contributed by atoms with Crippen molar-refractivity contribution in [2.24, 2.45) is 0 Å². The van der Waals surface area contributed by atoms with Crippen molar-refractivity contribution < 1.29 is 8.42 Å². The molecule has 1 N–H and O–H groups in total. The van der Waals surface area contributed by atoms with Gasteiger partial charge in [-0.1, -0.05) is 13.0 Å². The molecule has 0 fully saturated rings. The van der Waals surface area contributed by atoms with Crippen LogP contribution in [0.4, 0.5) is 0 Å². The molecular formula is C12H16ClN3O2S2. The number of hydrogen-bond donors (Lipinski definition) is 1. The second-order valence-corrected chi connectivity index (χ2v) is 7.43. The van der Waals surface area contributed by atoms with Gasteiger partial charge in [-0.2, -0.15) is 9.40 Å². The molecular weight excluding hydrogens is 318 g/mol. The van der Waals surface area contributed by atoms with Gasteiger partial charge in [0.15, 0.2) is 5.03 Å². The summed E-state index contributed by atoms with van der Waals surface area (Å²) in [6, 6.07) is 3.82. The lowest BCUT2D eigenvalue weighted by Gasteiger charge is -2.19. The predicted octanol–water partition coefficient (Wildman–Crippen LogP) is 2.73. The number of alkyl halides is 1. The van der Waals surface area contributed by atoms with Gasteiger partial charge in [-0.25, -0.2) is 8.42 Å². The number of hydrogen-bond acceptors (Lipinski definition) is 4. The number of halogens is 1. The maximum absolute atomic E-state index is 12.7. The molecule has 0 spiro atoms. The topological polar surface area (TPSA) is 66.1 Å². The number of aromatic nitrogens is 2. The molecule has 0 aliphatic rings. The average molecular weight is 334 g/mol. The van der Waals surface area contributed by atoms with Gasteiger partial charge in [-0.3, -0.25) is 5.10 Å². The van der Waals surface area contributed by atoms with E-state index in [0.29, 0.717) is 24.3 Å². The summed E-state index contributed by atoms with van der Waals surface area (Å²) in [5.74, 6) is 0.119. The molecule has 2 aromatic rings. The quantitative estimate of drug-likeness (QED) is 0.826. The third-order valence-corrected chi connectivity index (χ3v) is 6.04. The fourth-order valence-electron chi connectivity index (χ4n) is 1.87. The Hall–Kier alpha value is -0.890. The summed E-state index contributed by atoms with van der Waals surface area (Å²) in [6.07, 6.45) is 0. The van der Waals surface area contributed by atoms with Gasteiger partial charge in [-0.05, 0) is 18.4 Å². The molecule has 0 saturated carbocycles. The molecule has 0 amide bonds. The van der Waals surface area contributed by atoms with Crippen LogP contribution in [0.1, 0.15) is 23.1 Å². The first-order chi connectivity index (χ1) is 9.50. The van der Waals surface area contributed by atoms with E-state index in [2.05, 4.69) is 10.2 Å². The first-order valence-corrected chi connectivity index (χ1v) is 8.98. The van der Waals surface area contributed by atoms with Crippen molar-refractivity contribution in [3.8, 4) is 0 Å². The van der Waals surface area contributed by atoms with Crippen LogP contribution in [0.5, 0.6) is 0 Å². The lowest BCUT2D eigenvalue weighted by molar-refractivity contribution is 0.423. The molecule has 0 aromatic carbocycles. The Morgan fingerprint density at radius 1 is 1.50 bits per heavy atom. The van der Waals surface area contributed by atoms with Crippen molar-refractivity contribution in [2.45, 2.75) is 31.3 Å². The van der Waals surface area contributed by atoms with Crippen LogP contribution in [0, 0.1) is 6.92 Å². The summed E-state index contributed by atoms with van der Waals surface area (Å²) in [7, 11) is -3.64. The summed E-state index contributed by atoms with van der Waals surface area (Å²) in [6.45, 7) is 4.31. The zero-order chi connectivity index (χ0) is 14.8. The van der Waals surface area contributed by atoms with Gasteiger partial charge in [0, 0.05) is 29.2 Å². The van der Waals surface area contributed by atoms with Gasteiger partial charge >= 0.3 is 0 Å². The Labute approximate surface area is 127 Å². The molecule has 0 unspecified atom stereocenters. The highest BCUT2D eigenvalue weighted by Crippen LogP contribution is 2.24. The molecule has 2 heterocycles. The third-order valence-electron chi connectivity index (χ3n) is 3.02. The van der Waals surface area contributed by atoms with Crippen LogP contribution in [-0.2, 0) is 22.4 Å². The monoisotopic (exact) mass is 333 g/mol. The summed E-state index contributed by atoms with van der Waals surface area (Å²) in [5.41, 5.74) is 1.22. The van der Waals surface area contributed by atoms with Crippen LogP contribution in [0.25, 0.3) is 0 Å². The van der Waals surface area contributed by atoms with E-state index in [1.165, 1.54) is 15.6 Å². The Bertz CT molecular complexity index is 665. The highest BCUT2D eigenvalue weighted by Gasteiger charge is 2.29. The van der Waals surface area contributed by atoms with Crippen LogP contribution in [0.3, 0.4) is 0 Å². The lowest BCUT2D eigenvalue weighted by atomic mass is 10.3. The van der Waals surface area contributed by atoms with Crippen LogP contribution < -0.4 is 0 Å². The van der Waals surface area contributed by atoms with Crippen molar-refractivity contribution in [3.05, 3.63) is 33.6 Å². The molecule has 0 bridgehead atoms. The molecule has 0 radical (unpaired) electrons. The molecule has 0 atom stereocenters. The van der Waals surface area contributed by atoms with E-state index in [1.807, 2.05) is 24.4 Å². The molecule has 0 aliphatic heterocycles. The number of H-pyrrole nitrogens is 1. The van der Waals surface area contributed by atoms with Gasteiger partial charge in [0.2, 0.25) is 0 Å². The Balaban J connectivity index is 2.36. The normalized spacial score (nSPS) is 12.2. The standard InChI is InChI=1S/C12H16ClN3O2S2/c1-3-16(8-10-5-4-6-19-10)20(17,18)12-11(7-13)9(2)14-15-12/h4-6H,3,7-8H2,1-2H3,(H,14,15). The van der Waals surface area contributed by atoms with E-state index in [4.69, 9.17) is 11.6 Å². The number of sulfonamides is 1. The number of thiophene rings is 1. The van der Waals surface area contributed by atoms with E-state index >= 15 is 0 Å².